The van der Waals surface area contributed by atoms with E-state index in [-0.39, 0.29) is 11.4 Å². The number of H-pyrrole nitrogens is 1. The van der Waals surface area contributed by atoms with Gasteiger partial charge >= 0.3 is 0 Å². The van der Waals surface area contributed by atoms with Gasteiger partial charge in [-0.15, -0.1) is 0 Å². The van der Waals surface area contributed by atoms with E-state index in [0.717, 1.165) is 48.8 Å². The predicted molar refractivity (Wildman–Crippen MR) is 128 cm³/mol. The molecule has 164 valence electrons. The van der Waals surface area contributed by atoms with Gasteiger partial charge in [-0.2, -0.15) is 5.10 Å². The Morgan fingerprint density at radius 1 is 1.12 bits per heavy atom. The molecule has 1 atom stereocenters. The van der Waals surface area contributed by atoms with E-state index in [0.29, 0.717) is 0 Å². The minimum Gasteiger partial charge on any atom is -0.355 e. The molecule has 0 saturated heterocycles. The van der Waals surface area contributed by atoms with Gasteiger partial charge in [0.05, 0.1) is 0 Å². The lowest BCUT2D eigenvalue weighted by Crippen LogP contribution is -2.42. The van der Waals surface area contributed by atoms with Crippen molar-refractivity contribution in [1.29, 1.82) is 0 Å². The molecular weight excluding hydrogens is 399 g/mol. The van der Waals surface area contributed by atoms with Crippen molar-refractivity contribution in [3.8, 4) is 0 Å². The van der Waals surface area contributed by atoms with Crippen LogP contribution in [0.25, 0.3) is 16.5 Å². The summed E-state index contributed by atoms with van der Waals surface area (Å²) < 4.78 is 16.0. The molecule has 5 rings (SSSR count). The van der Waals surface area contributed by atoms with E-state index in [1.54, 1.807) is 12.3 Å². The number of fused-ring (bicyclic) bond motifs is 1. The summed E-state index contributed by atoms with van der Waals surface area (Å²) in [6.45, 7) is 0.766. The number of rotatable bonds is 6. The molecule has 2 aromatic carbocycles. The molecule has 1 N–H and O–H groups in total. The highest BCUT2D eigenvalue weighted by Gasteiger charge is 2.36. The number of benzene rings is 2. The van der Waals surface area contributed by atoms with Crippen molar-refractivity contribution < 1.29 is 4.39 Å². The van der Waals surface area contributed by atoms with E-state index < -0.39 is 0 Å². The van der Waals surface area contributed by atoms with E-state index in [1.807, 2.05) is 23.0 Å². The van der Waals surface area contributed by atoms with Crippen molar-refractivity contribution >= 4 is 16.5 Å². The lowest BCUT2D eigenvalue weighted by Gasteiger charge is -2.43. The summed E-state index contributed by atoms with van der Waals surface area (Å²) in [4.78, 5) is 5.97. The second-order valence-corrected chi connectivity index (χ2v) is 8.91. The van der Waals surface area contributed by atoms with Crippen LogP contribution in [0.5, 0.6) is 0 Å². The monoisotopic (exact) mass is 428 g/mol. The van der Waals surface area contributed by atoms with Crippen molar-refractivity contribution in [2.45, 2.75) is 37.8 Å². The van der Waals surface area contributed by atoms with Gasteiger partial charge in [-0.25, -0.2) is 4.39 Å². The fraction of sp³-hybridized carbons (Fsp3) is 0.296. The van der Waals surface area contributed by atoms with Gasteiger partial charge in [0.2, 0.25) is 0 Å². The molecule has 4 nitrogen and oxygen atoms in total. The van der Waals surface area contributed by atoms with Gasteiger partial charge in [0, 0.05) is 41.1 Å². The third kappa shape index (κ3) is 3.67. The van der Waals surface area contributed by atoms with Crippen LogP contribution in [0.1, 0.15) is 36.1 Å². The van der Waals surface area contributed by atoms with Crippen molar-refractivity contribution in [2.24, 2.45) is 0 Å². The maximum absolute atomic E-state index is 14.1. The summed E-state index contributed by atoms with van der Waals surface area (Å²) >= 11 is 0. The van der Waals surface area contributed by atoms with Gasteiger partial charge in [0.1, 0.15) is 5.82 Å². The zero-order valence-electron chi connectivity index (χ0n) is 18.7. The molecule has 1 aliphatic rings. The molecule has 2 heterocycles. The number of halogens is 1. The number of aromatic nitrogens is 3. The quantitative estimate of drug-likeness (QED) is 0.423. The normalized spacial score (nSPS) is 18.9. The lowest BCUT2D eigenvalue weighted by atomic mass is 9.75. The van der Waals surface area contributed by atoms with Crippen molar-refractivity contribution in [1.82, 2.24) is 19.7 Å². The van der Waals surface area contributed by atoms with E-state index in [9.17, 15) is 4.39 Å². The van der Waals surface area contributed by atoms with Gasteiger partial charge in [-0.05, 0) is 80.7 Å². The SMILES string of the molecule is CN(C)C1(c2ccccc2)CC=C(c2[nH]c3ccc(F)cc3c2CCn2cccn2)CC1. The first kappa shape index (κ1) is 20.7. The Kier molecular flexibility index (Phi) is 5.43. The largest absolute Gasteiger partial charge is 0.355 e. The fourth-order valence-electron chi connectivity index (χ4n) is 5.15. The van der Waals surface area contributed by atoms with E-state index >= 15 is 0 Å². The topological polar surface area (TPSA) is 36.9 Å². The fourth-order valence-corrected chi connectivity index (χ4v) is 5.15. The second-order valence-electron chi connectivity index (χ2n) is 8.91. The Balaban J connectivity index is 1.52. The Morgan fingerprint density at radius 3 is 2.66 bits per heavy atom. The highest BCUT2D eigenvalue weighted by atomic mass is 19.1. The van der Waals surface area contributed by atoms with Gasteiger partial charge in [0.25, 0.3) is 0 Å². The summed E-state index contributed by atoms with van der Waals surface area (Å²) in [5.74, 6) is -0.197. The molecule has 0 aliphatic heterocycles. The molecule has 0 bridgehead atoms. The Morgan fingerprint density at radius 2 is 1.97 bits per heavy atom. The van der Waals surface area contributed by atoms with Gasteiger partial charge in [0.15, 0.2) is 0 Å². The standard InChI is InChI=1S/C27H29FN4/c1-31(2)27(21-7-4-3-5-8-21)14-11-20(12-15-27)26-23(13-18-32-17-6-16-29-32)24-19-22(28)9-10-25(24)30-26/h3-11,16-17,19,30H,12-15,18H2,1-2H3. The smallest absolute Gasteiger partial charge is 0.123 e. The maximum atomic E-state index is 14.1. The van der Waals surface area contributed by atoms with Crippen LogP contribution in [-0.2, 0) is 18.5 Å². The maximum Gasteiger partial charge on any atom is 0.123 e. The van der Waals surface area contributed by atoms with Gasteiger partial charge in [-0.3, -0.25) is 9.58 Å². The zero-order valence-corrected chi connectivity index (χ0v) is 18.7. The van der Waals surface area contributed by atoms with E-state index in [1.165, 1.54) is 22.8 Å². The van der Waals surface area contributed by atoms with Crippen LogP contribution in [0, 0.1) is 5.82 Å². The molecule has 1 unspecified atom stereocenters. The van der Waals surface area contributed by atoms with Crippen LogP contribution in [0.3, 0.4) is 0 Å². The summed E-state index contributed by atoms with van der Waals surface area (Å²) in [5, 5.41) is 5.31. The Hall–Kier alpha value is -3.18. The highest BCUT2D eigenvalue weighted by molar-refractivity contribution is 5.89. The minimum atomic E-state index is -0.197. The molecule has 5 heteroatoms. The van der Waals surface area contributed by atoms with Crippen LogP contribution < -0.4 is 0 Å². The van der Waals surface area contributed by atoms with Crippen LogP contribution in [0.15, 0.2) is 73.1 Å². The zero-order chi connectivity index (χ0) is 22.1. The van der Waals surface area contributed by atoms with Crippen molar-refractivity contribution in [3.63, 3.8) is 0 Å². The average Bonchev–Trinajstić information content (AvgIpc) is 3.46. The summed E-state index contributed by atoms with van der Waals surface area (Å²) in [6, 6.07) is 17.8. The third-order valence-corrected chi connectivity index (χ3v) is 7.00. The number of aromatic amines is 1. The third-order valence-electron chi connectivity index (χ3n) is 7.00. The number of nitrogens with one attached hydrogen (secondary N) is 1. The van der Waals surface area contributed by atoms with Crippen LogP contribution in [0.2, 0.25) is 0 Å². The summed E-state index contributed by atoms with van der Waals surface area (Å²) in [6.07, 6.45) is 9.91. The Bertz CT molecular complexity index is 1240. The van der Waals surface area contributed by atoms with Crippen LogP contribution in [0.4, 0.5) is 4.39 Å². The Labute approximate surface area is 188 Å². The molecule has 0 radical (unpaired) electrons. The van der Waals surface area contributed by atoms with Crippen molar-refractivity contribution in [3.05, 3.63) is 95.7 Å². The first-order chi connectivity index (χ1) is 15.6. The lowest BCUT2D eigenvalue weighted by molar-refractivity contribution is 0.138. The molecule has 1 aliphatic carbocycles. The highest BCUT2D eigenvalue weighted by Crippen LogP contribution is 2.43. The number of nitrogens with zero attached hydrogens (tertiary/aromatic N) is 3. The molecule has 0 spiro atoms. The number of aryl methyl sites for hydroxylation is 2. The second kappa shape index (κ2) is 8.40. The molecule has 0 amide bonds. The molecule has 4 aromatic rings. The van der Waals surface area contributed by atoms with E-state index in [4.69, 9.17) is 0 Å². The van der Waals surface area contributed by atoms with E-state index in [2.05, 4.69) is 65.5 Å². The van der Waals surface area contributed by atoms with Gasteiger partial charge < -0.3 is 4.98 Å². The van der Waals surface area contributed by atoms with Crippen LogP contribution in [-0.4, -0.2) is 33.8 Å². The van der Waals surface area contributed by atoms with Gasteiger partial charge in [-0.1, -0.05) is 36.4 Å². The first-order valence-corrected chi connectivity index (χ1v) is 11.3. The minimum absolute atomic E-state index is 0.00188. The average molecular weight is 429 g/mol. The summed E-state index contributed by atoms with van der Waals surface area (Å²) in [7, 11) is 4.35. The van der Waals surface area contributed by atoms with Crippen LogP contribution >= 0.6 is 0 Å². The molecule has 2 aromatic heterocycles. The first-order valence-electron chi connectivity index (χ1n) is 11.3. The molecule has 0 fully saturated rings. The molecule has 0 saturated carbocycles. The molecule has 32 heavy (non-hydrogen) atoms. The molecular formula is C27H29FN4. The summed E-state index contributed by atoms with van der Waals surface area (Å²) in [5.41, 5.74) is 6.00. The predicted octanol–water partition coefficient (Wildman–Crippen LogP) is 5.77. The number of allylic oxidation sites excluding steroid dienone is 1. The number of hydrogen-bond donors (Lipinski definition) is 1. The van der Waals surface area contributed by atoms with Crippen molar-refractivity contribution in [2.75, 3.05) is 14.1 Å². The number of hydrogen-bond acceptors (Lipinski definition) is 2.